The Kier molecular flexibility index (Phi) is 8.89. The number of ether oxygens (including phenoxy) is 9. The van der Waals surface area contributed by atoms with Gasteiger partial charge in [0.25, 0.3) is 0 Å². The monoisotopic (exact) mass is 628 g/mol. The molecule has 0 bridgehead atoms. The molecule has 0 radical (unpaired) electrons. The Morgan fingerprint density at radius 2 is 0.929 bits per heavy atom. The zero-order valence-electron chi connectivity index (χ0n) is 20.7. The van der Waals surface area contributed by atoms with E-state index in [9.17, 15) is 43.9 Å². The predicted octanol–water partition coefficient (Wildman–Crippen LogP) is 5.85. The quantitative estimate of drug-likeness (QED) is 0.178. The second-order valence-electron chi connectivity index (χ2n) is 8.44. The summed E-state index contributed by atoms with van der Waals surface area (Å²) >= 11 is 0. The van der Waals surface area contributed by atoms with Crippen molar-refractivity contribution in [1.29, 1.82) is 0 Å². The van der Waals surface area contributed by atoms with Gasteiger partial charge in [0.2, 0.25) is 13.6 Å². The van der Waals surface area contributed by atoms with Crippen LogP contribution < -0.4 is 18.9 Å². The van der Waals surface area contributed by atoms with Crippen LogP contribution in [0.3, 0.4) is 0 Å². The molecule has 2 aromatic carbocycles. The largest absolute Gasteiger partial charge is 0.495 e. The molecule has 0 fully saturated rings. The molecule has 0 N–H and O–H groups in total. The van der Waals surface area contributed by atoms with Crippen LogP contribution in [0.15, 0.2) is 36.4 Å². The highest BCUT2D eigenvalue weighted by molar-refractivity contribution is 5.45. The van der Waals surface area contributed by atoms with Gasteiger partial charge in [0, 0.05) is 0 Å². The van der Waals surface area contributed by atoms with Crippen LogP contribution in [0, 0.1) is 0 Å². The summed E-state index contributed by atoms with van der Waals surface area (Å²) in [7, 11) is 0. The first kappa shape index (κ1) is 31.7. The highest BCUT2D eigenvalue weighted by Gasteiger charge is 2.68. The third-order valence-electron chi connectivity index (χ3n) is 5.08. The number of halogens is 10. The summed E-state index contributed by atoms with van der Waals surface area (Å²) in [5.41, 5.74) is 0.371. The van der Waals surface area contributed by atoms with E-state index in [1.165, 1.54) is 36.4 Å². The first-order valence-electron chi connectivity index (χ1n) is 11.4. The summed E-state index contributed by atoms with van der Waals surface area (Å²) in [6.45, 7) is -5.59. The Hall–Kier alpha value is -3.26. The Morgan fingerprint density at radius 1 is 0.524 bits per heavy atom. The van der Waals surface area contributed by atoms with Gasteiger partial charge < -0.3 is 28.4 Å². The smallest absolute Gasteiger partial charge is 0.454 e. The average Bonchev–Trinajstić information content (AvgIpc) is 3.50. The van der Waals surface area contributed by atoms with Gasteiger partial charge in [0.1, 0.15) is 13.2 Å². The molecule has 19 heteroatoms. The number of fused-ring (bicyclic) bond motifs is 2. The minimum Gasteiger partial charge on any atom is -0.454 e. The summed E-state index contributed by atoms with van der Waals surface area (Å²) in [5, 5.41) is 0. The molecule has 0 saturated heterocycles. The molecule has 0 aliphatic carbocycles. The lowest BCUT2D eigenvalue weighted by Gasteiger charge is -2.31. The molecular weight excluding hydrogens is 610 g/mol. The van der Waals surface area contributed by atoms with Gasteiger partial charge in [-0.15, -0.1) is 8.78 Å². The van der Waals surface area contributed by atoms with Crippen molar-refractivity contribution in [1.82, 2.24) is 0 Å². The van der Waals surface area contributed by atoms with Crippen molar-refractivity contribution >= 4 is 0 Å². The first-order chi connectivity index (χ1) is 19.5. The topological polar surface area (TPSA) is 83.1 Å². The Morgan fingerprint density at radius 3 is 1.40 bits per heavy atom. The third-order valence-corrected chi connectivity index (χ3v) is 5.08. The molecule has 2 aromatic rings. The highest BCUT2D eigenvalue weighted by atomic mass is 19.3. The molecule has 0 atom stereocenters. The summed E-state index contributed by atoms with van der Waals surface area (Å²) in [4.78, 5) is 0. The van der Waals surface area contributed by atoms with Gasteiger partial charge in [-0.1, -0.05) is 12.1 Å². The molecule has 0 amide bonds. The van der Waals surface area contributed by atoms with E-state index in [1.54, 1.807) is 0 Å². The van der Waals surface area contributed by atoms with Crippen LogP contribution in [0.25, 0.3) is 0 Å². The number of hydrogen-bond donors (Lipinski definition) is 0. The van der Waals surface area contributed by atoms with Crippen molar-refractivity contribution in [2.45, 2.75) is 43.9 Å². The maximum atomic E-state index is 13.8. The van der Waals surface area contributed by atoms with Gasteiger partial charge >= 0.3 is 30.7 Å². The van der Waals surface area contributed by atoms with E-state index in [0.29, 0.717) is 11.5 Å². The Bertz CT molecular complexity index is 1250. The van der Waals surface area contributed by atoms with Crippen LogP contribution in [0.1, 0.15) is 11.1 Å². The number of benzene rings is 2. The van der Waals surface area contributed by atoms with E-state index in [4.69, 9.17) is 18.9 Å². The van der Waals surface area contributed by atoms with Gasteiger partial charge in [0.05, 0.1) is 13.2 Å². The summed E-state index contributed by atoms with van der Waals surface area (Å²) < 4.78 is 174. The molecule has 42 heavy (non-hydrogen) atoms. The Balaban J connectivity index is 1.26. The van der Waals surface area contributed by atoms with Crippen molar-refractivity contribution in [3.8, 4) is 23.0 Å². The zero-order valence-corrected chi connectivity index (χ0v) is 20.7. The molecular formula is C23H18F10O9. The van der Waals surface area contributed by atoms with E-state index in [2.05, 4.69) is 23.7 Å². The van der Waals surface area contributed by atoms with Gasteiger partial charge in [-0.05, 0) is 35.4 Å². The summed E-state index contributed by atoms with van der Waals surface area (Å²) in [6, 6.07) is 8.02. The highest BCUT2D eigenvalue weighted by Crippen LogP contribution is 2.44. The van der Waals surface area contributed by atoms with E-state index < -0.39 is 57.2 Å². The van der Waals surface area contributed by atoms with Crippen LogP contribution in [-0.2, 0) is 36.9 Å². The summed E-state index contributed by atoms with van der Waals surface area (Å²) in [6.07, 6.45) is -29.5. The molecule has 0 unspecified atom stereocenters. The fourth-order valence-corrected chi connectivity index (χ4v) is 3.35. The first-order valence-corrected chi connectivity index (χ1v) is 11.4. The molecule has 2 aliphatic heterocycles. The maximum absolute atomic E-state index is 13.8. The van der Waals surface area contributed by atoms with E-state index >= 15 is 0 Å². The average molecular weight is 628 g/mol. The molecule has 9 nitrogen and oxygen atoms in total. The standard InChI is InChI=1S/C23H18F10O9/c24-19(25,9-34-7-13-1-3-15-17(5-13)38-11-36-15)40-21(28,29)22(30,31)42-23(32,33)41-20(26,27)10-35-8-14-2-4-16-18(6-14)39-12-37-16/h1-6H,7-12H2. The van der Waals surface area contributed by atoms with Crippen molar-refractivity contribution < 1.29 is 86.5 Å². The molecule has 2 heterocycles. The van der Waals surface area contributed by atoms with Crippen LogP contribution in [0.4, 0.5) is 43.9 Å². The van der Waals surface area contributed by atoms with Crippen molar-refractivity contribution in [2.24, 2.45) is 0 Å². The van der Waals surface area contributed by atoms with E-state index in [-0.39, 0.29) is 36.2 Å². The minimum absolute atomic E-state index is 0.108. The maximum Gasteiger partial charge on any atom is 0.495 e. The SMILES string of the molecule is FC(F)(COCc1ccc2c(c1)OCO2)OC(F)(F)OC(F)(F)C(F)(F)OC(F)(F)COCc1ccc2c(c1)OCO2. The fraction of sp³-hybridized carbons (Fsp3) is 0.478. The van der Waals surface area contributed by atoms with Gasteiger partial charge in [-0.25, -0.2) is 14.2 Å². The van der Waals surface area contributed by atoms with Gasteiger partial charge in [-0.2, -0.15) is 35.1 Å². The fourth-order valence-electron chi connectivity index (χ4n) is 3.35. The van der Waals surface area contributed by atoms with E-state index in [0.717, 1.165) is 0 Å². The third kappa shape index (κ3) is 8.18. The van der Waals surface area contributed by atoms with Crippen molar-refractivity contribution in [3.63, 3.8) is 0 Å². The molecule has 0 spiro atoms. The molecule has 2 aliphatic rings. The lowest BCUT2D eigenvalue weighted by Crippen LogP contribution is -2.54. The van der Waals surface area contributed by atoms with Crippen molar-refractivity contribution in [3.05, 3.63) is 47.5 Å². The molecule has 0 saturated carbocycles. The number of rotatable bonds is 15. The normalized spacial score (nSPS) is 15.4. The van der Waals surface area contributed by atoms with Crippen LogP contribution in [0.2, 0.25) is 0 Å². The summed E-state index contributed by atoms with van der Waals surface area (Å²) in [5.74, 6) is 1.10. The van der Waals surface area contributed by atoms with Crippen LogP contribution in [0.5, 0.6) is 23.0 Å². The predicted molar refractivity (Wildman–Crippen MR) is 112 cm³/mol. The van der Waals surface area contributed by atoms with Crippen LogP contribution >= 0.6 is 0 Å². The second kappa shape index (κ2) is 11.8. The number of alkyl halides is 10. The number of hydrogen-bond acceptors (Lipinski definition) is 9. The molecule has 0 aromatic heterocycles. The minimum atomic E-state index is -6.61. The van der Waals surface area contributed by atoms with Gasteiger partial charge in [0.15, 0.2) is 23.0 Å². The zero-order chi connectivity index (χ0) is 30.8. The lowest BCUT2D eigenvalue weighted by molar-refractivity contribution is -0.566. The molecule has 234 valence electrons. The molecule has 4 rings (SSSR count). The van der Waals surface area contributed by atoms with Gasteiger partial charge in [-0.3, -0.25) is 0 Å². The second-order valence-corrected chi connectivity index (χ2v) is 8.44. The van der Waals surface area contributed by atoms with E-state index in [1.807, 2.05) is 0 Å². The Labute approximate surface area is 228 Å². The van der Waals surface area contributed by atoms with Crippen LogP contribution in [-0.4, -0.2) is 57.5 Å². The lowest BCUT2D eigenvalue weighted by atomic mass is 10.2. The van der Waals surface area contributed by atoms with Crippen molar-refractivity contribution in [2.75, 3.05) is 26.8 Å².